The molecule has 0 aliphatic carbocycles. The molecule has 0 amide bonds. The van der Waals surface area contributed by atoms with Gasteiger partial charge in [0.2, 0.25) is 0 Å². The van der Waals surface area contributed by atoms with Crippen LogP contribution in [0, 0.1) is 6.92 Å². The first-order valence-electron chi connectivity index (χ1n) is 7.71. The standard InChI is InChI=1S/C16H28N2O/c1-3-4-5-6-7-8-9-10-11-16(19)15-12-13-17-14(2)18-15/h12-13,16,19H,3-11H2,1-2H3. The van der Waals surface area contributed by atoms with Crippen molar-refractivity contribution in [1.82, 2.24) is 9.97 Å². The number of nitrogens with zero attached hydrogens (tertiary/aromatic N) is 2. The Kier molecular flexibility index (Phi) is 8.39. The van der Waals surface area contributed by atoms with Gasteiger partial charge in [0.25, 0.3) is 0 Å². The zero-order valence-corrected chi connectivity index (χ0v) is 12.4. The molecule has 1 aromatic rings. The molecule has 1 heterocycles. The molecule has 0 fully saturated rings. The van der Waals surface area contributed by atoms with E-state index in [0.717, 1.165) is 24.4 Å². The zero-order chi connectivity index (χ0) is 13.9. The quantitative estimate of drug-likeness (QED) is 0.639. The lowest BCUT2D eigenvalue weighted by Gasteiger charge is -2.10. The first-order chi connectivity index (χ1) is 9.24. The molecule has 0 spiro atoms. The Hall–Kier alpha value is -0.960. The number of rotatable bonds is 10. The van der Waals surface area contributed by atoms with Crippen LogP contribution in [0.1, 0.15) is 82.3 Å². The van der Waals surface area contributed by atoms with E-state index in [0.29, 0.717) is 0 Å². The summed E-state index contributed by atoms with van der Waals surface area (Å²) in [4.78, 5) is 8.31. The number of aliphatic hydroxyl groups is 1. The van der Waals surface area contributed by atoms with Crippen molar-refractivity contribution < 1.29 is 5.11 Å². The van der Waals surface area contributed by atoms with E-state index in [4.69, 9.17) is 0 Å². The van der Waals surface area contributed by atoms with E-state index in [-0.39, 0.29) is 0 Å². The van der Waals surface area contributed by atoms with Gasteiger partial charge in [-0.15, -0.1) is 0 Å². The van der Waals surface area contributed by atoms with Crippen molar-refractivity contribution in [2.75, 3.05) is 0 Å². The Balaban J connectivity index is 2.06. The molecule has 0 radical (unpaired) electrons. The van der Waals surface area contributed by atoms with Crippen LogP contribution in [0.15, 0.2) is 12.3 Å². The van der Waals surface area contributed by atoms with Crippen molar-refractivity contribution in [2.24, 2.45) is 0 Å². The third-order valence-corrected chi connectivity index (χ3v) is 3.47. The molecule has 108 valence electrons. The maximum absolute atomic E-state index is 10.0. The average Bonchev–Trinajstić information content (AvgIpc) is 2.41. The van der Waals surface area contributed by atoms with E-state index < -0.39 is 6.10 Å². The number of aliphatic hydroxyl groups excluding tert-OH is 1. The summed E-state index contributed by atoms with van der Waals surface area (Å²) in [5, 5.41) is 10.0. The fraction of sp³-hybridized carbons (Fsp3) is 0.750. The maximum Gasteiger partial charge on any atom is 0.125 e. The van der Waals surface area contributed by atoms with E-state index in [1.165, 1.54) is 44.9 Å². The minimum atomic E-state index is -0.429. The molecular formula is C16H28N2O. The van der Waals surface area contributed by atoms with Gasteiger partial charge in [-0.05, 0) is 19.4 Å². The van der Waals surface area contributed by atoms with Crippen molar-refractivity contribution >= 4 is 0 Å². The van der Waals surface area contributed by atoms with Crippen molar-refractivity contribution in [3.8, 4) is 0 Å². The molecule has 0 aromatic carbocycles. The van der Waals surface area contributed by atoms with Crippen LogP contribution < -0.4 is 0 Å². The summed E-state index contributed by atoms with van der Waals surface area (Å²) in [6.45, 7) is 4.10. The van der Waals surface area contributed by atoms with Gasteiger partial charge in [0.1, 0.15) is 5.82 Å². The predicted molar refractivity (Wildman–Crippen MR) is 79.0 cm³/mol. The van der Waals surface area contributed by atoms with E-state index in [1.54, 1.807) is 6.20 Å². The summed E-state index contributed by atoms with van der Waals surface area (Å²) in [6, 6.07) is 1.81. The lowest BCUT2D eigenvalue weighted by molar-refractivity contribution is 0.158. The summed E-state index contributed by atoms with van der Waals surface area (Å²) < 4.78 is 0. The summed E-state index contributed by atoms with van der Waals surface area (Å²) in [5.41, 5.74) is 0.760. The molecule has 1 unspecified atom stereocenters. The Morgan fingerprint density at radius 1 is 1.05 bits per heavy atom. The SMILES string of the molecule is CCCCCCCCCCC(O)c1ccnc(C)n1. The minimum absolute atomic E-state index is 0.429. The topological polar surface area (TPSA) is 46.0 Å². The highest BCUT2D eigenvalue weighted by atomic mass is 16.3. The third-order valence-electron chi connectivity index (χ3n) is 3.47. The van der Waals surface area contributed by atoms with Gasteiger partial charge >= 0.3 is 0 Å². The summed E-state index contributed by atoms with van der Waals surface area (Å²) in [5.74, 6) is 0.729. The fourth-order valence-corrected chi connectivity index (χ4v) is 2.28. The van der Waals surface area contributed by atoms with E-state index in [9.17, 15) is 5.11 Å². The molecule has 1 atom stereocenters. The van der Waals surface area contributed by atoms with Crippen molar-refractivity contribution in [3.63, 3.8) is 0 Å². The third kappa shape index (κ3) is 7.26. The highest BCUT2D eigenvalue weighted by Crippen LogP contribution is 2.18. The van der Waals surface area contributed by atoms with Crippen LogP contribution in [-0.4, -0.2) is 15.1 Å². The Morgan fingerprint density at radius 2 is 1.68 bits per heavy atom. The highest BCUT2D eigenvalue weighted by molar-refractivity contribution is 5.04. The number of aromatic nitrogens is 2. The van der Waals surface area contributed by atoms with Gasteiger partial charge in [-0.25, -0.2) is 9.97 Å². The lowest BCUT2D eigenvalue weighted by atomic mass is 10.0. The predicted octanol–water partition coefficient (Wildman–Crippen LogP) is 4.35. The van der Waals surface area contributed by atoms with E-state index in [2.05, 4.69) is 16.9 Å². The Labute approximate surface area is 117 Å². The van der Waals surface area contributed by atoms with Crippen molar-refractivity contribution in [2.45, 2.75) is 77.7 Å². The molecule has 3 nitrogen and oxygen atoms in total. The summed E-state index contributed by atoms with van der Waals surface area (Å²) in [7, 11) is 0. The summed E-state index contributed by atoms with van der Waals surface area (Å²) >= 11 is 0. The lowest BCUT2D eigenvalue weighted by Crippen LogP contribution is -2.02. The molecule has 3 heteroatoms. The van der Waals surface area contributed by atoms with Gasteiger partial charge in [-0.3, -0.25) is 0 Å². The van der Waals surface area contributed by atoms with Crippen LogP contribution in [0.3, 0.4) is 0 Å². The second-order valence-electron chi connectivity index (χ2n) is 5.31. The first-order valence-corrected chi connectivity index (χ1v) is 7.71. The van der Waals surface area contributed by atoms with Crippen molar-refractivity contribution in [1.29, 1.82) is 0 Å². The largest absolute Gasteiger partial charge is 0.387 e. The van der Waals surface area contributed by atoms with Gasteiger partial charge in [-0.2, -0.15) is 0 Å². The van der Waals surface area contributed by atoms with Crippen LogP contribution in [0.4, 0.5) is 0 Å². The molecule has 0 aliphatic heterocycles. The highest BCUT2D eigenvalue weighted by Gasteiger charge is 2.08. The van der Waals surface area contributed by atoms with E-state index in [1.807, 2.05) is 13.0 Å². The van der Waals surface area contributed by atoms with Gasteiger partial charge in [0.05, 0.1) is 11.8 Å². The van der Waals surface area contributed by atoms with Gasteiger partial charge < -0.3 is 5.11 Å². The number of hydrogen-bond donors (Lipinski definition) is 1. The molecule has 1 aromatic heterocycles. The Bertz CT molecular complexity index is 341. The van der Waals surface area contributed by atoms with Gasteiger partial charge in [0, 0.05) is 6.20 Å². The number of unbranched alkanes of at least 4 members (excludes halogenated alkanes) is 7. The minimum Gasteiger partial charge on any atom is -0.387 e. The van der Waals surface area contributed by atoms with Crippen molar-refractivity contribution in [3.05, 3.63) is 23.8 Å². The monoisotopic (exact) mass is 264 g/mol. The maximum atomic E-state index is 10.0. The smallest absolute Gasteiger partial charge is 0.125 e. The molecule has 0 saturated heterocycles. The van der Waals surface area contributed by atoms with Crippen LogP contribution >= 0.6 is 0 Å². The average molecular weight is 264 g/mol. The molecular weight excluding hydrogens is 236 g/mol. The first kappa shape index (κ1) is 16.1. The molecule has 1 rings (SSSR count). The molecule has 19 heavy (non-hydrogen) atoms. The van der Waals surface area contributed by atoms with Crippen LogP contribution in [-0.2, 0) is 0 Å². The Morgan fingerprint density at radius 3 is 2.32 bits per heavy atom. The summed E-state index contributed by atoms with van der Waals surface area (Å²) in [6.07, 6.45) is 12.4. The molecule has 1 N–H and O–H groups in total. The molecule has 0 aliphatic rings. The number of aryl methyl sites for hydroxylation is 1. The van der Waals surface area contributed by atoms with Crippen LogP contribution in [0.5, 0.6) is 0 Å². The normalized spacial score (nSPS) is 12.6. The fourth-order valence-electron chi connectivity index (χ4n) is 2.28. The van der Waals surface area contributed by atoms with Crippen LogP contribution in [0.2, 0.25) is 0 Å². The zero-order valence-electron chi connectivity index (χ0n) is 12.4. The molecule has 0 saturated carbocycles. The van der Waals surface area contributed by atoms with Crippen LogP contribution in [0.25, 0.3) is 0 Å². The number of hydrogen-bond acceptors (Lipinski definition) is 3. The second kappa shape index (κ2) is 9.90. The molecule has 0 bridgehead atoms. The van der Waals surface area contributed by atoms with E-state index >= 15 is 0 Å². The second-order valence-corrected chi connectivity index (χ2v) is 5.31. The van der Waals surface area contributed by atoms with Gasteiger partial charge in [-0.1, -0.05) is 58.3 Å². The van der Waals surface area contributed by atoms with Gasteiger partial charge in [0.15, 0.2) is 0 Å².